The zero-order valence-electron chi connectivity index (χ0n) is 6.76. The van der Waals surface area contributed by atoms with Crippen LogP contribution in [0.1, 0.15) is 19.3 Å². The minimum Gasteiger partial charge on any atom is -0.381 e. The van der Waals surface area contributed by atoms with Gasteiger partial charge in [0, 0.05) is 19.6 Å². The highest BCUT2D eigenvalue weighted by atomic mass is 16.5. The Hall–Kier alpha value is -0.160. The molecule has 0 aromatic rings. The van der Waals surface area contributed by atoms with Gasteiger partial charge in [-0.25, -0.2) is 10.9 Å². The van der Waals surface area contributed by atoms with Gasteiger partial charge in [0.2, 0.25) is 0 Å². The van der Waals surface area contributed by atoms with Gasteiger partial charge in [0.15, 0.2) is 0 Å². The van der Waals surface area contributed by atoms with Crippen molar-refractivity contribution >= 4 is 0 Å². The summed E-state index contributed by atoms with van der Waals surface area (Å²) in [6, 6.07) is 0.244. The Morgan fingerprint density at radius 2 is 2.18 bits per heavy atom. The largest absolute Gasteiger partial charge is 0.381 e. The summed E-state index contributed by atoms with van der Waals surface area (Å²) in [5.74, 6) is 0. The molecule has 4 nitrogen and oxygen atoms in total. The molecule has 1 saturated heterocycles. The van der Waals surface area contributed by atoms with Crippen molar-refractivity contribution in [3.8, 4) is 0 Å². The molecule has 2 fully saturated rings. The SMILES string of the molecule is COC1CC[C@@H](N)C2(C1)NN2. The van der Waals surface area contributed by atoms with Crippen molar-refractivity contribution in [3.05, 3.63) is 0 Å². The van der Waals surface area contributed by atoms with E-state index in [2.05, 4.69) is 10.9 Å². The number of hydrazine groups is 1. The van der Waals surface area contributed by atoms with Crippen LogP contribution in [0.15, 0.2) is 0 Å². The van der Waals surface area contributed by atoms with Gasteiger partial charge in [-0.15, -0.1) is 0 Å². The van der Waals surface area contributed by atoms with E-state index >= 15 is 0 Å². The molecule has 64 valence electrons. The highest BCUT2D eigenvalue weighted by molar-refractivity contribution is 5.07. The van der Waals surface area contributed by atoms with E-state index in [1.165, 1.54) is 0 Å². The van der Waals surface area contributed by atoms with Crippen molar-refractivity contribution in [2.45, 2.75) is 37.1 Å². The Morgan fingerprint density at radius 3 is 2.73 bits per heavy atom. The summed E-state index contributed by atoms with van der Waals surface area (Å²) in [7, 11) is 1.76. The molecule has 2 rings (SSSR count). The van der Waals surface area contributed by atoms with Crippen LogP contribution in [0.25, 0.3) is 0 Å². The maximum atomic E-state index is 5.91. The number of rotatable bonds is 1. The third kappa shape index (κ3) is 1.16. The molecule has 4 heteroatoms. The van der Waals surface area contributed by atoms with Crippen LogP contribution in [0.4, 0.5) is 0 Å². The molecule has 1 saturated carbocycles. The van der Waals surface area contributed by atoms with Crippen LogP contribution in [0, 0.1) is 0 Å². The quantitative estimate of drug-likeness (QED) is 0.440. The second kappa shape index (κ2) is 2.42. The van der Waals surface area contributed by atoms with Crippen molar-refractivity contribution in [1.29, 1.82) is 0 Å². The van der Waals surface area contributed by atoms with Gasteiger partial charge in [-0.3, -0.25) is 0 Å². The summed E-state index contributed by atoms with van der Waals surface area (Å²) < 4.78 is 5.28. The predicted octanol–water partition coefficient (Wildman–Crippen LogP) is -0.683. The molecule has 1 aliphatic carbocycles. The van der Waals surface area contributed by atoms with Gasteiger partial charge in [0.1, 0.15) is 5.66 Å². The number of ether oxygens (including phenoxy) is 1. The van der Waals surface area contributed by atoms with Crippen molar-refractivity contribution in [2.24, 2.45) is 5.73 Å². The fraction of sp³-hybridized carbons (Fsp3) is 1.00. The molecular formula is C7H15N3O. The summed E-state index contributed by atoms with van der Waals surface area (Å²) >= 11 is 0. The predicted molar refractivity (Wildman–Crippen MR) is 41.6 cm³/mol. The first-order chi connectivity index (χ1) is 5.27. The zero-order valence-corrected chi connectivity index (χ0v) is 6.76. The Labute approximate surface area is 66.4 Å². The third-order valence-corrected chi connectivity index (χ3v) is 2.76. The van der Waals surface area contributed by atoms with Gasteiger partial charge in [0.25, 0.3) is 0 Å². The molecule has 0 aromatic heterocycles. The second-order valence-electron chi connectivity index (χ2n) is 3.47. The minimum atomic E-state index is 0.0128. The van der Waals surface area contributed by atoms with Gasteiger partial charge < -0.3 is 10.5 Å². The van der Waals surface area contributed by atoms with E-state index < -0.39 is 0 Å². The van der Waals surface area contributed by atoms with Crippen molar-refractivity contribution in [2.75, 3.05) is 7.11 Å². The molecule has 1 spiro atoms. The Morgan fingerprint density at radius 1 is 1.45 bits per heavy atom. The van der Waals surface area contributed by atoms with Crippen LogP contribution in [-0.4, -0.2) is 24.9 Å². The smallest absolute Gasteiger partial charge is 0.112 e. The van der Waals surface area contributed by atoms with Crippen LogP contribution < -0.4 is 16.6 Å². The minimum absolute atomic E-state index is 0.0128. The monoisotopic (exact) mass is 157 g/mol. The standard InChI is InChI=1S/C7H15N3O/c1-11-5-2-3-6(8)7(4-5)9-10-7/h5-6,9-10H,2-4,8H2,1H3/t5?,6-/m1/s1. The lowest BCUT2D eigenvalue weighted by molar-refractivity contribution is 0.0510. The van der Waals surface area contributed by atoms with Gasteiger partial charge in [-0.2, -0.15) is 0 Å². The van der Waals surface area contributed by atoms with Crippen LogP contribution in [0.3, 0.4) is 0 Å². The van der Waals surface area contributed by atoms with Gasteiger partial charge in [-0.1, -0.05) is 0 Å². The highest BCUT2D eigenvalue weighted by Gasteiger charge is 2.51. The summed E-state index contributed by atoms with van der Waals surface area (Å²) in [6.07, 6.45) is 3.49. The molecule has 0 aromatic carbocycles. The molecule has 0 radical (unpaired) electrons. The van der Waals surface area contributed by atoms with E-state index in [4.69, 9.17) is 10.5 Å². The summed E-state index contributed by atoms with van der Waals surface area (Å²) in [6.45, 7) is 0. The topological polar surface area (TPSA) is 79.1 Å². The Kier molecular flexibility index (Phi) is 1.64. The van der Waals surface area contributed by atoms with Crippen molar-refractivity contribution in [1.82, 2.24) is 10.9 Å². The average molecular weight is 157 g/mol. The number of hydrogen-bond acceptors (Lipinski definition) is 4. The van der Waals surface area contributed by atoms with E-state index in [9.17, 15) is 0 Å². The second-order valence-corrected chi connectivity index (χ2v) is 3.47. The zero-order chi connectivity index (χ0) is 7.90. The number of nitrogens with one attached hydrogen (secondary N) is 2. The Bertz CT molecular complexity index is 158. The molecule has 11 heavy (non-hydrogen) atoms. The van der Waals surface area contributed by atoms with Crippen LogP contribution >= 0.6 is 0 Å². The lowest BCUT2D eigenvalue weighted by Crippen LogP contribution is -2.48. The Balaban J connectivity index is 1.98. The number of nitrogens with two attached hydrogens (primary N) is 1. The lowest BCUT2D eigenvalue weighted by atomic mass is 9.86. The maximum Gasteiger partial charge on any atom is 0.112 e. The first-order valence-corrected chi connectivity index (χ1v) is 4.09. The first-order valence-electron chi connectivity index (χ1n) is 4.09. The fourth-order valence-electron chi connectivity index (χ4n) is 1.79. The van der Waals surface area contributed by atoms with Gasteiger partial charge >= 0.3 is 0 Å². The normalized spacial score (nSPS) is 40.9. The summed E-state index contributed by atoms with van der Waals surface area (Å²) in [5.41, 5.74) is 12.1. The fourth-order valence-corrected chi connectivity index (χ4v) is 1.79. The summed E-state index contributed by atoms with van der Waals surface area (Å²) in [4.78, 5) is 0. The molecular weight excluding hydrogens is 142 g/mol. The molecule has 1 unspecified atom stereocenters. The summed E-state index contributed by atoms with van der Waals surface area (Å²) in [5, 5.41) is 0. The van der Waals surface area contributed by atoms with Gasteiger partial charge in [0.05, 0.1) is 6.10 Å². The molecule has 0 amide bonds. The third-order valence-electron chi connectivity index (χ3n) is 2.76. The van der Waals surface area contributed by atoms with E-state index in [-0.39, 0.29) is 11.7 Å². The molecule has 2 aliphatic rings. The van der Waals surface area contributed by atoms with Crippen LogP contribution in [0.2, 0.25) is 0 Å². The lowest BCUT2D eigenvalue weighted by Gasteiger charge is -2.30. The van der Waals surface area contributed by atoms with Crippen molar-refractivity contribution < 1.29 is 4.74 Å². The molecule has 1 aliphatic heterocycles. The van der Waals surface area contributed by atoms with E-state index in [0.717, 1.165) is 19.3 Å². The van der Waals surface area contributed by atoms with Crippen molar-refractivity contribution in [3.63, 3.8) is 0 Å². The highest BCUT2D eigenvalue weighted by Crippen LogP contribution is 2.31. The molecule has 4 N–H and O–H groups in total. The van der Waals surface area contributed by atoms with Crippen LogP contribution in [-0.2, 0) is 4.74 Å². The maximum absolute atomic E-state index is 5.91. The first kappa shape index (κ1) is 7.49. The number of hydrogen-bond donors (Lipinski definition) is 3. The van der Waals surface area contributed by atoms with Crippen LogP contribution in [0.5, 0.6) is 0 Å². The van der Waals surface area contributed by atoms with E-state index in [1.807, 2.05) is 0 Å². The van der Waals surface area contributed by atoms with E-state index in [1.54, 1.807) is 7.11 Å². The molecule has 0 bridgehead atoms. The van der Waals surface area contributed by atoms with E-state index in [0.29, 0.717) is 6.10 Å². The molecule has 2 atom stereocenters. The average Bonchev–Trinajstić information content (AvgIpc) is 2.77. The molecule has 1 heterocycles. The number of methoxy groups -OCH3 is 1. The van der Waals surface area contributed by atoms with Gasteiger partial charge in [-0.05, 0) is 12.8 Å².